The van der Waals surface area contributed by atoms with Crippen LogP contribution in [0.25, 0.3) is 0 Å². The summed E-state index contributed by atoms with van der Waals surface area (Å²) in [6.45, 7) is 5.84. The molecule has 0 radical (unpaired) electrons. The van der Waals surface area contributed by atoms with Crippen LogP contribution in [-0.2, 0) is 0 Å². The highest BCUT2D eigenvalue weighted by Gasteiger charge is 2.18. The molecule has 16 heavy (non-hydrogen) atoms. The first-order valence-electron chi connectivity index (χ1n) is 5.77. The van der Waals surface area contributed by atoms with Crippen molar-refractivity contribution < 1.29 is 4.79 Å². The van der Waals surface area contributed by atoms with Crippen molar-refractivity contribution >= 4 is 11.7 Å². The summed E-state index contributed by atoms with van der Waals surface area (Å²) in [6.07, 6.45) is 5.77. The molecule has 0 bridgehead atoms. The zero-order valence-electron chi connectivity index (χ0n) is 9.81. The first kappa shape index (κ1) is 11.0. The van der Waals surface area contributed by atoms with Crippen LogP contribution in [0.15, 0.2) is 12.4 Å². The number of amides is 2. The minimum absolute atomic E-state index is 0.0131. The number of aromatic nitrogens is 2. The van der Waals surface area contributed by atoms with Crippen LogP contribution in [0.1, 0.15) is 32.7 Å². The van der Waals surface area contributed by atoms with Crippen LogP contribution in [-0.4, -0.2) is 33.8 Å². The molecule has 1 aromatic rings. The van der Waals surface area contributed by atoms with Crippen LogP contribution in [0.3, 0.4) is 0 Å². The van der Waals surface area contributed by atoms with Gasteiger partial charge in [0.2, 0.25) is 0 Å². The molecule has 0 unspecified atom stereocenters. The van der Waals surface area contributed by atoms with Crippen molar-refractivity contribution in [2.75, 3.05) is 18.4 Å². The van der Waals surface area contributed by atoms with Gasteiger partial charge in [0.1, 0.15) is 0 Å². The lowest BCUT2D eigenvalue weighted by molar-refractivity contribution is 0.222. The van der Waals surface area contributed by atoms with Gasteiger partial charge < -0.3 is 10.2 Å². The van der Waals surface area contributed by atoms with E-state index in [-0.39, 0.29) is 6.03 Å². The number of likely N-dealkylation sites (tertiary alicyclic amines) is 1. The lowest BCUT2D eigenvalue weighted by Gasteiger charge is -2.15. The Kier molecular flexibility index (Phi) is 3.12. The number of nitrogens with one attached hydrogen (secondary N) is 1. The predicted molar refractivity (Wildman–Crippen MR) is 62.4 cm³/mol. The number of carbonyl (C=O) groups is 1. The topological polar surface area (TPSA) is 50.2 Å². The second-order valence-electron chi connectivity index (χ2n) is 4.43. The molecule has 0 aliphatic carbocycles. The lowest BCUT2D eigenvalue weighted by Crippen LogP contribution is -2.31. The summed E-state index contributed by atoms with van der Waals surface area (Å²) in [7, 11) is 0. The first-order chi connectivity index (χ1) is 7.66. The molecule has 1 N–H and O–H groups in total. The second kappa shape index (κ2) is 4.55. The van der Waals surface area contributed by atoms with Crippen molar-refractivity contribution in [3.63, 3.8) is 0 Å². The summed E-state index contributed by atoms with van der Waals surface area (Å²) >= 11 is 0. The van der Waals surface area contributed by atoms with E-state index in [0.29, 0.717) is 6.04 Å². The number of anilines is 1. The van der Waals surface area contributed by atoms with Crippen LogP contribution >= 0.6 is 0 Å². The van der Waals surface area contributed by atoms with E-state index >= 15 is 0 Å². The van der Waals surface area contributed by atoms with Gasteiger partial charge in [-0.25, -0.2) is 4.79 Å². The summed E-state index contributed by atoms with van der Waals surface area (Å²) in [6, 6.07) is 0.304. The number of hydrogen-bond acceptors (Lipinski definition) is 2. The first-order valence-corrected chi connectivity index (χ1v) is 5.77. The Balaban J connectivity index is 1.95. The Hall–Kier alpha value is -1.52. The van der Waals surface area contributed by atoms with Gasteiger partial charge in [-0.3, -0.25) is 4.68 Å². The molecule has 0 aromatic carbocycles. The summed E-state index contributed by atoms with van der Waals surface area (Å²) in [5, 5.41) is 7.04. The van der Waals surface area contributed by atoms with Crippen molar-refractivity contribution in [3.8, 4) is 0 Å². The van der Waals surface area contributed by atoms with Gasteiger partial charge in [0.05, 0.1) is 11.9 Å². The van der Waals surface area contributed by atoms with Gasteiger partial charge in [-0.05, 0) is 26.7 Å². The maximum atomic E-state index is 11.8. The van der Waals surface area contributed by atoms with E-state index in [0.717, 1.165) is 31.6 Å². The molecule has 1 aliphatic heterocycles. The van der Waals surface area contributed by atoms with Crippen molar-refractivity contribution in [3.05, 3.63) is 12.4 Å². The van der Waals surface area contributed by atoms with Crippen molar-refractivity contribution in [1.82, 2.24) is 14.7 Å². The molecule has 88 valence electrons. The minimum Gasteiger partial charge on any atom is -0.325 e. The van der Waals surface area contributed by atoms with Crippen LogP contribution in [0.4, 0.5) is 10.5 Å². The second-order valence-corrected chi connectivity index (χ2v) is 4.43. The maximum absolute atomic E-state index is 11.8. The van der Waals surface area contributed by atoms with Gasteiger partial charge in [-0.2, -0.15) is 5.10 Å². The zero-order chi connectivity index (χ0) is 11.5. The van der Waals surface area contributed by atoms with Gasteiger partial charge in [-0.1, -0.05) is 0 Å². The van der Waals surface area contributed by atoms with E-state index in [1.54, 1.807) is 6.20 Å². The van der Waals surface area contributed by atoms with E-state index < -0.39 is 0 Å². The number of urea groups is 1. The quantitative estimate of drug-likeness (QED) is 0.833. The Bertz CT molecular complexity index is 366. The van der Waals surface area contributed by atoms with E-state index in [4.69, 9.17) is 0 Å². The van der Waals surface area contributed by atoms with Crippen LogP contribution in [0.2, 0.25) is 0 Å². The van der Waals surface area contributed by atoms with E-state index in [1.165, 1.54) is 0 Å². The van der Waals surface area contributed by atoms with Gasteiger partial charge in [0.25, 0.3) is 0 Å². The molecule has 1 fully saturated rings. The molecule has 0 atom stereocenters. The maximum Gasteiger partial charge on any atom is 0.321 e. The van der Waals surface area contributed by atoms with Crippen LogP contribution in [0, 0.1) is 0 Å². The fraction of sp³-hybridized carbons (Fsp3) is 0.636. The molecule has 5 heteroatoms. The van der Waals surface area contributed by atoms with Gasteiger partial charge in [-0.15, -0.1) is 0 Å². The van der Waals surface area contributed by atoms with E-state index in [1.807, 2.05) is 15.8 Å². The highest BCUT2D eigenvalue weighted by molar-refractivity contribution is 5.89. The Morgan fingerprint density at radius 1 is 1.44 bits per heavy atom. The molecular formula is C11H18N4O. The third-order valence-electron chi connectivity index (χ3n) is 2.78. The smallest absolute Gasteiger partial charge is 0.321 e. The normalized spacial score (nSPS) is 15.8. The van der Waals surface area contributed by atoms with Crippen LogP contribution < -0.4 is 5.32 Å². The molecular weight excluding hydrogens is 204 g/mol. The SMILES string of the molecule is CC(C)n1cc(NC(=O)N2CCCC2)cn1. The monoisotopic (exact) mass is 222 g/mol. The summed E-state index contributed by atoms with van der Waals surface area (Å²) in [5.41, 5.74) is 0.769. The molecule has 1 aromatic heterocycles. The summed E-state index contributed by atoms with van der Waals surface area (Å²) in [5.74, 6) is 0. The van der Waals surface area contributed by atoms with Gasteiger partial charge in [0, 0.05) is 25.3 Å². The Morgan fingerprint density at radius 3 is 2.69 bits per heavy atom. The molecule has 2 rings (SSSR count). The van der Waals surface area contributed by atoms with Crippen molar-refractivity contribution in [2.24, 2.45) is 0 Å². The van der Waals surface area contributed by atoms with Crippen molar-refractivity contribution in [1.29, 1.82) is 0 Å². The van der Waals surface area contributed by atoms with Crippen LogP contribution in [0.5, 0.6) is 0 Å². The molecule has 1 aliphatic rings. The molecule has 0 saturated carbocycles. The molecule has 5 nitrogen and oxygen atoms in total. The fourth-order valence-electron chi connectivity index (χ4n) is 1.81. The summed E-state index contributed by atoms with van der Waals surface area (Å²) < 4.78 is 1.83. The average molecular weight is 222 g/mol. The zero-order valence-corrected chi connectivity index (χ0v) is 9.81. The number of hydrogen-bond donors (Lipinski definition) is 1. The Labute approximate surface area is 95.4 Å². The van der Waals surface area contributed by atoms with E-state index in [2.05, 4.69) is 24.3 Å². The highest BCUT2D eigenvalue weighted by Crippen LogP contribution is 2.13. The highest BCUT2D eigenvalue weighted by atomic mass is 16.2. The third kappa shape index (κ3) is 2.35. The van der Waals surface area contributed by atoms with Gasteiger partial charge >= 0.3 is 6.03 Å². The lowest BCUT2D eigenvalue weighted by atomic mass is 10.4. The van der Waals surface area contributed by atoms with Crippen molar-refractivity contribution in [2.45, 2.75) is 32.7 Å². The largest absolute Gasteiger partial charge is 0.325 e. The fourth-order valence-corrected chi connectivity index (χ4v) is 1.81. The standard InChI is InChI=1S/C11H18N4O/c1-9(2)15-8-10(7-12-15)13-11(16)14-5-3-4-6-14/h7-9H,3-6H2,1-2H3,(H,13,16). The third-order valence-corrected chi connectivity index (χ3v) is 2.78. The molecule has 1 saturated heterocycles. The Morgan fingerprint density at radius 2 is 2.12 bits per heavy atom. The predicted octanol–water partition coefficient (Wildman–Crippen LogP) is 2.09. The summed E-state index contributed by atoms with van der Waals surface area (Å²) in [4.78, 5) is 13.6. The number of rotatable bonds is 2. The van der Waals surface area contributed by atoms with Gasteiger partial charge in [0.15, 0.2) is 0 Å². The average Bonchev–Trinajstić information content (AvgIpc) is 2.87. The molecule has 2 amide bonds. The minimum atomic E-state index is -0.0131. The number of nitrogens with zero attached hydrogens (tertiary/aromatic N) is 3. The van der Waals surface area contributed by atoms with E-state index in [9.17, 15) is 4.79 Å². The molecule has 2 heterocycles. The number of carbonyl (C=O) groups excluding carboxylic acids is 1. The molecule has 0 spiro atoms.